The number of rotatable bonds is 4. The molecule has 0 saturated carbocycles. The molecule has 0 unspecified atom stereocenters. The summed E-state index contributed by atoms with van der Waals surface area (Å²) in [5.41, 5.74) is 0.591. The number of hydrogen-bond acceptors (Lipinski definition) is 3. The molecule has 1 amide bonds. The van der Waals surface area contributed by atoms with E-state index in [0.717, 1.165) is 0 Å². The van der Waals surface area contributed by atoms with Gasteiger partial charge >= 0.3 is 0 Å². The van der Waals surface area contributed by atoms with Crippen LogP contribution in [-0.4, -0.2) is 19.6 Å². The maximum absolute atomic E-state index is 11.4. The minimum Gasteiger partial charge on any atom is -0.495 e. The maximum atomic E-state index is 11.4. The first-order chi connectivity index (χ1) is 8.08. The van der Waals surface area contributed by atoms with E-state index in [-0.39, 0.29) is 18.9 Å². The third kappa shape index (κ3) is 3.81. The van der Waals surface area contributed by atoms with E-state index in [1.807, 2.05) is 6.07 Å². The molecule has 0 heterocycles. The fraction of sp³-hybridized carbons (Fsp3) is 0.273. The molecule has 0 fully saturated rings. The highest BCUT2D eigenvalue weighted by atomic mass is 35.5. The molecule has 0 aromatic heterocycles. The largest absolute Gasteiger partial charge is 0.495 e. The van der Waals surface area contributed by atoms with Crippen LogP contribution in [0.1, 0.15) is 5.56 Å². The minimum absolute atomic E-state index is 0.0274. The summed E-state index contributed by atoms with van der Waals surface area (Å²) in [6, 6.07) is 4.95. The van der Waals surface area contributed by atoms with Gasteiger partial charge in [-0.05, 0) is 11.6 Å². The van der Waals surface area contributed by atoms with Gasteiger partial charge < -0.3 is 10.1 Å². The summed E-state index contributed by atoms with van der Waals surface area (Å²) in [5, 5.41) is 11.5. The van der Waals surface area contributed by atoms with Gasteiger partial charge in [-0.25, -0.2) is 0 Å². The third-order valence-electron chi connectivity index (χ3n) is 2.04. The molecule has 6 heteroatoms. The second-order valence-electron chi connectivity index (χ2n) is 3.19. The van der Waals surface area contributed by atoms with Crippen LogP contribution in [0.15, 0.2) is 12.1 Å². The van der Waals surface area contributed by atoms with Gasteiger partial charge in [0.15, 0.2) is 0 Å². The Labute approximate surface area is 109 Å². The zero-order valence-corrected chi connectivity index (χ0v) is 10.6. The summed E-state index contributed by atoms with van der Waals surface area (Å²) in [4.78, 5) is 11.4. The fourth-order valence-electron chi connectivity index (χ4n) is 1.24. The van der Waals surface area contributed by atoms with Crippen LogP contribution in [0.3, 0.4) is 0 Å². The maximum Gasteiger partial charge on any atom is 0.225 e. The van der Waals surface area contributed by atoms with Crippen LogP contribution in [-0.2, 0) is 11.2 Å². The Bertz CT molecular complexity index is 469. The van der Waals surface area contributed by atoms with Crippen molar-refractivity contribution in [1.29, 1.82) is 5.26 Å². The lowest BCUT2D eigenvalue weighted by atomic mass is 10.1. The number of hydrogen-bond donors (Lipinski definition) is 1. The molecule has 17 heavy (non-hydrogen) atoms. The van der Waals surface area contributed by atoms with Crippen molar-refractivity contribution in [2.24, 2.45) is 0 Å². The fourth-order valence-corrected chi connectivity index (χ4v) is 1.72. The standard InChI is InChI=1S/C11H10Cl2N2O2/c1-17-10-6-8(12)7(4-9(10)13)5-11(16)15-3-2-14/h4,6H,3,5H2,1H3,(H,15,16). The molecule has 0 atom stereocenters. The van der Waals surface area contributed by atoms with E-state index >= 15 is 0 Å². The number of methoxy groups -OCH3 is 1. The second-order valence-corrected chi connectivity index (χ2v) is 4.00. The van der Waals surface area contributed by atoms with E-state index < -0.39 is 0 Å². The molecular formula is C11H10Cl2N2O2. The van der Waals surface area contributed by atoms with E-state index in [9.17, 15) is 4.79 Å². The van der Waals surface area contributed by atoms with Gasteiger partial charge in [-0.15, -0.1) is 0 Å². The summed E-state index contributed by atoms with van der Waals surface area (Å²) < 4.78 is 4.99. The molecule has 0 saturated heterocycles. The van der Waals surface area contributed by atoms with Crippen molar-refractivity contribution in [3.05, 3.63) is 27.7 Å². The average Bonchev–Trinajstić information content (AvgIpc) is 2.30. The molecule has 0 bridgehead atoms. The van der Waals surface area contributed by atoms with E-state index in [4.69, 9.17) is 33.2 Å². The van der Waals surface area contributed by atoms with Gasteiger partial charge in [-0.3, -0.25) is 4.79 Å². The SMILES string of the molecule is COc1cc(Cl)c(CC(=O)NCC#N)cc1Cl. The van der Waals surface area contributed by atoms with Gasteiger partial charge in [-0.1, -0.05) is 23.2 Å². The highest BCUT2D eigenvalue weighted by Gasteiger charge is 2.11. The van der Waals surface area contributed by atoms with E-state index in [1.165, 1.54) is 7.11 Å². The summed E-state index contributed by atoms with van der Waals surface area (Å²) in [6.07, 6.45) is 0.0736. The lowest BCUT2D eigenvalue weighted by molar-refractivity contribution is -0.120. The van der Waals surface area contributed by atoms with Crippen molar-refractivity contribution in [3.8, 4) is 11.8 Å². The Morgan fingerprint density at radius 3 is 2.76 bits per heavy atom. The molecule has 1 rings (SSSR count). The second kappa shape index (κ2) is 6.33. The number of benzene rings is 1. The summed E-state index contributed by atoms with van der Waals surface area (Å²) >= 11 is 11.9. The lowest BCUT2D eigenvalue weighted by Crippen LogP contribution is -2.25. The molecule has 0 aliphatic carbocycles. The van der Waals surface area contributed by atoms with Gasteiger partial charge in [0.2, 0.25) is 5.91 Å². The number of nitrogens with one attached hydrogen (secondary N) is 1. The number of nitriles is 1. The molecule has 1 aromatic rings. The predicted octanol–water partition coefficient (Wildman–Crippen LogP) is 2.18. The van der Waals surface area contributed by atoms with Crippen molar-refractivity contribution in [2.45, 2.75) is 6.42 Å². The van der Waals surface area contributed by atoms with Gasteiger partial charge in [0.25, 0.3) is 0 Å². The van der Waals surface area contributed by atoms with E-state index in [0.29, 0.717) is 21.4 Å². The van der Waals surface area contributed by atoms with Gasteiger partial charge in [0, 0.05) is 11.1 Å². The van der Waals surface area contributed by atoms with Crippen LogP contribution < -0.4 is 10.1 Å². The molecule has 0 aliphatic heterocycles. The molecule has 0 spiro atoms. The van der Waals surface area contributed by atoms with Crippen LogP contribution in [0.25, 0.3) is 0 Å². The zero-order valence-electron chi connectivity index (χ0n) is 9.09. The van der Waals surface area contributed by atoms with Crippen LogP contribution in [0, 0.1) is 11.3 Å². The molecule has 0 aliphatic rings. The molecule has 0 radical (unpaired) electrons. The van der Waals surface area contributed by atoms with Crippen molar-refractivity contribution >= 4 is 29.1 Å². The number of carbonyl (C=O) groups is 1. The van der Waals surface area contributed by atoms with Crippen LogP contribution in [0.5, 0.6) is 5.75 Å². The molecule has 4 nitrogen and oxygen atoms in total. The Hall–Kier alpha value is -1.44. The van der Waals surface area contributed by atoms with Gasteiger partial charge in [-0.2, -0.15) is 5.26 Å². The van der Waals surface area contributed by atoms with Crippen molar-refractivity contribution in [2.75, 3.05) is 13.7 Å². The third-order valence-corrected chi connectivity index (χ3v) is 2.68. The molecule has 90 valence electrons. The first-order valence-corrected chi connectivity index (χ1v) is 5.49. The van der Waals surface area contributed by atoms with Crippen LogP contribution in [0.4, 0.5) is 0 Å². The number of ether oxygens (including phenoxy) is 1. The number of amides is 1. The van der Waals surface area contributed by atoms with Gasteiger partial charge in [0.05, 0.1) is 24.6 Å². The quantitative estimate of drug-likeness (QED) is 0.855. The number of halogens is 2. The number of carbonyl (C=O) groups excluding carboxylic acids is 1. The Balaban J connectivity index is 2.82. The smallest absolute Gasteiger partial charge is 0.225 e. The summed E-state index contributed by atoms with van der Waals surface area (Å²) in [6.45, 7) is -0.0274. The zero-order chi connectivity index (χ0) is 12.8. The Kier molecular flexibility index (Phi) is 5.08. The highest BCUT2D eigenvalue weighted by Crippen LogP contribution is 2.31. The van der Waals surface area contributed by atoms with E-state index in [2.05, 4.69) is 5.32 Å². The lowest BCUT2D eigenvalue weighted by Gasteiger charge is -2.08. The highest BCUT2D eigenvalue weighted by molar-refractivity contribution is 6.34. The number of nitrogens with zero attached hydrogens (tertiary/aromatic N) is 1. The normalized spacial score (nSPS) is 9.53. The predicted molar refractivity (Wildman–Crippen MR) is 65.3 cm³/mol. The molecule has 1 aromatic carbocycles. The average molecular weight is 273 g/mol. The molecular weight excluding hydrogens is 263 g/mol. The monoisotopic (exact) mass is 272 g/mol. The first-order valence-electron chi connectivity index (χ1n) is 4.74. The topological polar surface area (TPSA) is 62.1 Å². The van der Waals surface area contributed by atoms with Crippen LogP contribution in [0.2, 0.25) is 10.0 Å². The van der Waals surface area contributed by atoms with E-state index in [1.54, 1.807) is 12.1 Å². The summed E-state index contributed by atoms with van der Waals surface area (Å²) in [7, 11) is 1.48. The summed E-state index contributed by atoms with van der Waals surface area (Å²) in [5.74, 6) is 0.174. The van der Waals surface area contributed by atoms with Crippen molar-refractivity contribution in [1.82, 2.24) is 5.32 Å². The minimum atomic E-state index is -0.283. The molecule has 1 N–H and O–H groups in total. The van der Waals surface area contributed by atoms with Gasteiger partial charge in [0.1, 0.15) is 12.3 Å². The van der Waals surface area contributed by atoms with Crippen molar-refractivity contribution in [3.63, 3.8) is 0 Å². The van der Waals surface area contributed by atoms with Crippen molar-refractivity contribution < 1.29 is 9.53 Å². The Morgan fingerprint density at radius 1 is 1.47 bits per heavy atom. The Morgan fingerprint density at radius 2 is 2.18 bits per heavy atom. The van der Waals surface area contributed by atoms with Crippen LogP contribution >= 0.6 is 23.2 Å². The first kappa shape index (κ1) is 13.6.